The minimum atomic E-state index is -0.259. The van der Waals surface area contributed by atoms with Crippen LogP contribution in [-0.2, 0) is 10.2 Å². The zero-order chi connectivity index (χ0) is 20.3. The van der Waals surface area contributed by atoms with Crippen molar-refractivity contribution in [3.63, 3.8) is 0 Å². The van der Waals surface area contributed by atoms with Crippen molar-refractivity contribution in [2.45, 2.75) is 58.4 Å². The summed E-state index contributed by atoms with van der Waals surface area (Å²) >= 11 is 1.61. The number of nitrogens with zero attached hydrogens (tertiary/aromatic N) is 3. The van der Waals surface area contributed by atoms with Gasteiger partial charge in [0, 0.05) is 29.6 Å². The Morgan fingerprint density at radius 1 is 1.25 bits per heavy atom. The van der Waals surface area contributed by atoms with Gasteiger partial charge in [-0.25, -0.2) is 4.98 Å². The number of carbonyl (C=O) groups excluding carboxylic acids is 1. The Morgan fingerprint density at radius 3 is 2.39 bits per heavy atom. The number of thiazole rings is 1. The van der Waals surface area contributed by atoms with Crippen molar-refractivity contribution in [2.75, 3.05) is 25.1 Å². The topological polar surface area (TPSA) is 45.7 Å². The van der Waals surface area contributed by atoms with E-state index in [1.807, 2.05) is 29.2 Å². The van der Waals surface area contributed by atoms with Crippen molar-refractivity contribution in [2.24, 2.45) is 0 Å². The summed E-state index contributed by atoms with van der Waals surface area (Å²) in [4.78, 5) is 22.4. The zero-order valence-electron chi connectivity index (χ0n) is 17.6. The first-order chi connectivity index (χ1) is 13.3. The third kappa shape index (κ3) is 4.32. The van der Waals surface area contributed by atoms with E-state index >= 15 is 0 Å². The van der Waals surface area contributed by atoms with Gasteiger partial charge in [-0.1, -0.05) is 27.7 Å². The van der Waals surface area contributed by atoms with E-state index < -0.39 is 0 Å². The van der Waals surface area contributed by atoms with E-state index in [0.717, 1.165) is 54.6 Å². The lowest BCUT2D eigenvalue weighted by atomic mass is 9.93. The molecule has 0 bridgehead atoms. The number of aromatic nitrogens is 1. The van der Waals surface area contributed by atoms with Crippen LogP contribution in [0.2, 0.25) is 0 Å². The Morgan fingerprint density at radius 2 is 1.89 bits per heavy atom. The molecule has 1 aliphatic rings. The highest BCUT2D eigenvalue weighted by Crippen LogP contribution is 2.36. The maximum atomic E-state index is 13.3. The number of hydrogen-bond acceptors (Lipinski definition) is 5. The summed E-state index contributed by atoms with van der Waals surface area (Å²) in [7, 11) is 1.66. The number of carbonyl (C=O) groups is 1. The second kappa shape index (κ2) is 8.52. The zero-order valence-corrected chi connectivity index (χ0v) is 18.4. The molecule has 1 amide bonds. The minimum absolute atomic E-state index is 0.0268. The van der Waals surface area contributed by atoms with Gasteiger partial charge >= 0.3 is 0 Å². The molecule has 1 saturated heterocycles. The van der Waals surface area contributed by atoms with Gasteiger partial charge in [-0.3, -0.25) is 4.79 Å². The maximum Gasteiger partial charge on any atom is 0.245 e. The SMILES string of the molecule is CC[C@H](C(=O)N1CCCC1)N(c1ccc(OC)cc1)c1nc(C(C)(C)C)cs1. The molecule has 2 aromatic rings. The number of methoxy groups -OCH3 is 1. The summed E-state index contributed by atoms with van der Waals surface area (Å²) in [6.07, 6.45) is 2.91. The van der Waals surface area contributed by atoms with Gasteiger partial charge in [0.1, 0.15) is 11.8 Å². The van der Waals surface area contributed by atoms with Crippen LogP contribution in [0, 0.1) is 0 Å². The number of benzene rings is 1. The Hall–Kier alpha value is -2.08. The lowest BCUT2D eigenvalue weighted by Crippen LogP contribution is -2.46. The molecule has 152 valence electrons. The van der Waals surface area contributed by atoms with Crippen molar-refractivity contribution in [3.05, 3.63) is 35.3 Å². The van der Waals surface area contributed by atoms with Crippen molar-refractivity contribution in [1.82, 2.24) is 9.88 Å². The highest BCUT2D eigenvalue weighted by molar-refractivity contribution is 7.13. The molecule has 5 nitrogen and oxygen atoms in total. The van der Waals surface area contributed by atoms with Gasteiger partial charge in [0.15, 0.2) is 5.13 Å². The minimum Gasteiger partial charge on any atom is -0.497 e. The van der Waals surface area contributed by atoms with Gasteiger partial charge in [-0.2, -0.15) is 0 Å². The molecule has 6 heteroatoms. The highest BCUT2D eigenvalue weighted by Gasteiger charge is 2.33. The van der Waals surface area contributed by atoms with Crippen LogP contribution in [-0.4, -0.2) is 42.0 Å². The van der Waals surface area contributed by atoms with Crippen molar-refractivity contribution in [1.29, 1.82) is 0 Å². The van der Waals surface area contributed by atoms with E-state index in [1.165, 1.54) is 0 Å². The summed E-state index contributed by atoms with van der Waals surface area (Å²) in [5, 5.41) is 2.98. The number of likely N-dealkylation sites (tertiary alicyclic amines) is 1. The molecule has 28 heavy (non-hydrogen) atoms. The Balaban J connectivity index is 2.01. The summed E-state index contributed by atoms with van der Waals surface area (Å²) < 4.78 is 5.31. The van der Waals surface area contributed by atoms with Crippen LogP contribution in [0.4, 0.5) is 10.8 Å². The molecule has 1 atom stereocenters. The Labute approximate surface area is 172 Å². The van der Waals surface area contributed by atoms with Gasteiger partial charge < -0.3 is 14.5 Å². The molecule has 2 heterocycles. The first-order valence-corrected chi connectivity index (χ1v) is 10.9. The van der Waals surface area contributed by atoms with Gasteiger partial charge in [0.2, 0.25) is 5.91 Å². The Kier molecular flexibility index (Phi) is 6.28. The molecular formula is C22H31N3O2S. The third-order valence-corrected chi connectivity index (χ3v) is 6.06. The summed E-state index contributed by atoms with van der Waals surface area (Å²) in [5.74, 6) is 1.00. The average molecular weight is 402 g/mol. The normalized spacial score (nSPS) is 15.5. The van der Waals surface area contributed by atoms with E-state index in [4.69, 9.17) is 9.72 Å². The molecule has 0 N–H and O–H groups in total. The molecule has 0 spiro atoms. The number of rotatable bonds is 6. The van der Waals surface area contributed by atoms with Crippen LogP contribution in [0.15, 0.2) is 29.6 Å². The monoisotopic (exact) mass is 401 g/mol. The van der Waals surface area contributed by atoms with Crippen molar-refractivity contribution < 1.29 is 9.53 Å². The number of amides is 1. The summed E-state index contributed by atoms with van der Waals surface area (Å²) in [6, 6.07) is 7.64. The standard InChI is InChI=1S/C22H31N3O2S/c1-6-18(20(26)24-13-7-8-14-24)25(16-9-11-17(27-5)12-10-16)21-23-19(15-28-21)22(2,3)4/h9-12,15,18H,6-8,13-14H2,1-5H3/t18-/m1/s1. The van der Waals surface area contributed by atoms with E-state index in [9.17, 15) is 4.79 Å². The first-order valence-electron chi connectivity index (χ1n) is 10.0. The second-order valence-corrected chi connectivity index (χ2v) is 9.13. The number of ether oxygens (including phenoxy) is 1. The molecule has 0 saturated carbocycles. The molecule has 1 fully saturated rings. The Bertz CT molecular complexity index is 789. The summed E-state index contributed by atoms with van der Waals surface area (Å²) in [6.45, 7) is 10.3. The molecular weight excluding hydrogens is 370 g/mol. The predicted molar refractivity (Wildman–Crippen MR) is 116 cm³/mol. The fourth-order valence-electron chi connectivity index (χ4n) is 3.50. The maximum absolute atomic E-state index is 13.3. The average Bonchev–Trinajstić information content (AvgIpc) is 3.37. The first kappa shape index (κ1) is 20.6. The fraction of sp³-hybridized carbons (Fsp3) is 0.545. The van der Waals surface area contributed by atoms with Gasteiger partial charge in [0.05, 0.1) is 12.8 Å². The molecule has 0 radical (unpaired) electrons. The van der Waals surface area contributed by atoms with Crippen LogP contribution in [0.3, 0.4) is 0 Å². The van der Waals surface area contributed by atoms with Crippen molar-refractivity contribution >= 4 is 28.1 Å². The molecule has 3 rings (SSSR count). The van der Waals surface area contributed by atoms with E-state index in [1.54, 1.807) is 18.4 Å². The number of anilines is 2. The third-order valence-electron chi connectivity index (χ3n) is 5.22. The lowest BCUT2D eigenvalue weighted by Gasteiger charge is -2.33. The van der Waals surface area contributed by atoms with E-state index in [-0.39, 0.29) is 17.4 Å². The highest BCUT2D eigenvalue weighted by atomic mass is 32.1. The smallest absolute Gasteiger partial charge is 0.245 e. The molecule has 1 aliphatic heterocycles. The quantitative estimate of drug-likeness (QED) is 0.684. The van der Waals surface area contributed by atoms with Crippen LogP contribution < -0.4 is 9.64 Å². The molecule has 1 aromatic heterocycles. The van der Waals surface area contributed by atoms with Gasteiger partial charge in [0.25, 0.3) is 0 Å². The lowest BCUT2D eigenvalue weighted by molar-refractivity contribution is -0.131. The van der Waals surface area contributed by atoms with Crippen LogP contribution in [0.1, 0.15) is 52.7 Å². The van der Waals surface area contributed by atoms with Gasteiger partial charge in [-0.05, 0) is 43.5 Å². The predicted octanol–water partition coefficient (Wildman–Crippen LogP) is 4.99. The largest absolute Gasteiger partial charge is 0.497 e. The summed E-state index contributed by atoms with van der Waals surface area (Å²) in [5.41, 5.74) is 1.99. The molecule has 1 aromatic carbocycles. The fourth-order valence-corrected chi connectivity index (χ4v) is 4.62. The van der Waals surface area contributed by atoms with Crippen LogP contribution >= 0.6 is 11.3 Å². The molecule has 0 unspecified atom stereocenters. The van der Waals surface area contributed by atoms with E-state index in [0.29, 0.717) is 0 Å². The second-order valence-electron chi connectivity index (χ2n) is 8.29. The number of hydrogen-bond donors (Lipinski definition) is 0. The van der Waals surface area contributed by atoms with E-state index in [2.05, 4.69) is 38.0 Å². The van der Waals surface area contributed by atoms with Gasteiger partial charge in [-0.15, -0.1) is 11.3 Å². The van der Waals surface area contributed by atoms with Crippen LogP contribution in [0.25, 0.3) is 0 Å². The van der Waals surface area contributed by atoms with Crippen LogP contribution in [0.5, 0.6) is 5.75 Å². The van der Waals surface area contributed by atoms with Crippen molar-refractivity contribution in [3.8, 4) is 5.75 Å². The molecule has 0 aliphatic carbocycles.